The number of halogens is 2. The molecule has 0 aliphatic carbocycles. The zero-order valence-corrected chi connectivity index (χ0v) is 13.6. The highest BCUT2D eigenvalue weighted by atomic mass is 35.5. The summed E-state index contributed by atoms with van der Waals surface area (Å²) in [5.74, 6) is 1.23. The predicted octanol–water partition coefficient (Wildman–Crippen LogP) is 4.32. The Balaban J connectivity index is 2.55. The van der Waals surface area contributed by atoms with E-state index >= 15 is 0 Å². The monoisotopic (exact) mass is 325 g/mol. The van der Waals surface area contributed by atoms with Gasteiger partial charge >= 0.3 is 0 Å². The third kappa shape index (κ3) is 3.26. The van der Waals surface area contributed by atoms with Crippen LogP contribution in [0.2, 0.25) is 10.0 Å². The van der Waals surface area contributed by atoms with Gasteiger partial charge in [0.05, 0.1) is 20.3 Å². The van der Waals surface area contributed by atoms with E-state index < -0.39 is 0 Å². The molecule has 1 N–H and O–H groups in total. The minimum absolute atomic E-state index is 0.133. The highest BCUT2D eigenvalue weighted by Gasteiger charge is 2.20. The SMILES string of the molecule is CNC(c1ccccc1Cl)c1cc(OC)c(OC)cc1Cl. The summed E-state index contributed by atoms with van der Waals surface area (Å²) in [7, 11) is 5.04. The molecule has 0 heterocycles. The molecule has 2 rings (SSSR count). The molecule has 2 aromatic carbocycles. The van der Waals surface area contributed by atoms with Crippen molar-refractivity contribution in [3.63, 3.8) is 0 Å². The van der Waals surface area contributed by atoms with E-state index in [-0.39, 0.29) is 6.04 Å². The number of rotatable bonds is 5. The molecule has 0 amide bonds. The van der Waals surface area contributed by atoms with Gasteiger partial charge in [-0.05, 0) is 30.3 Å². The van der Waals surface area contributed by atoms with E-state index in [0.29, 0.717) is 21.5 Å². The highest BCUT2D eigenvalue weighted by molar-refractivity contribution is 6.32. The van der Waals surface area contributed by atoms with Gasteiger partial charge in [0.2, 0.25) is 0 Å². The molecule has 5 heteroatoms. The summed E-state index contributed by atoms with van der Waals surface area (Å²) >= 11 is 12.7. The number of hydrogen-bond donors (Lipinski definition) is 1. The van der Waals surface area contributed by atoms with Crippen molar-refractivity contribution in [1.29, 1.82) is 0 Å². The lowest BCUT2D eigenvalue weighted by Crippen LogP contribution is -2.18. The quantitative estimate of drug-likeness (QED) is 0.888. The van der Waals surface area contributed by atoms with Crippen LogP contribution in [0.3, 0.4) is 0 Å². The molecule has 0 aliphatic rings. The van der Waals surface area contributed by atoms with E-state index in [2.05, 4.69) is 5.32 Å². The Morgan fingerprint density at radius 2 is 1.52 bits per heavy atom. The van der Waals surface area contributed by atoms with E-state index in [9.17, 15) is 0 Å². The van der Waals surface area contributed by atoms with Crippen LogP contribution in [-0.4, -0.2) is 21.3 Å². The van der Waals surface area contributed by atoms with Crippen molar-refractivity contribution in [1.82, 2.24) is 5.32 Å². The van der Waals surface area contributed by atoms with Crippen LogP contribution < -0.4 is 14.8 Å². The van der Waals surface area contributed by atoms with Gasteiger partial charge < -0.3 is 14.8 Å². The Morgan fingerprint density at radius 3 is 2.10 bits per heavy atom. The first-order valence-corrected chi connectivity index (χ1v) is 7.21. The van der Waals surface area contributed by atoms with E-state index in [1.54, 1.807) is 20.3 Å². The molecule has 0 fully saturated rings. The average Bonchev–Trinajstić information content (AvgIpc) is 2.50. The third-order valence-electron chi connectivity index (χ3n) is 3.32. The number of benzene rings is 2. The average molecular weight is 326 g/mol. The molecule has 0 spiro atoms. The van der Waals surface area contributed by atoms with Gasteiger partial charge in [0.25, 0.3) is 0 Å². The van der Waals surface area contributed by atoms with E-state index in [1.807, 2.05) is 37.4 Å². The van der Waals surface area contributed by atoms with Gasteiger partial charge in [-0.3, -0.25) is 0 Å². The summed E-state index contributed by atoms with van der Waals surface area (Å²) in [6.45, 7) is 0. The van der Waals surface area contributed by atoms with Crippen LogP contribution in [0.5, 0.6) is 11.5 Å². The number of hydrogen-bond acceptors (Lipinski definition) is 3. The second kappa shape index (κ2) is 7.03. The standard InChI is InChI=1S/C16H17Cl2NO2/c1-19-16(10-6-4-5-7-12(10)17)11-8-14(20-2)15(21-3)9-13(11)18/h4-9,16,19H,1-3H3. The molecule has 0 bridgehead atoms. The van der Waals surface area contributed by atoms with Gasteiger partial charge in [0, 0.05) is 16.1 Å². The summed E-state index contributed by atoms with van der Waals surface area (Å²) in [4.78, 5) is 0. The van der Waals surface area contributed by atoms with Crippen LogP contribution in [0.15, 0.2) is 36.4 Å². The molecule has 2 aromatic rings. The summed E-state index contributed by atoms with van der Waals surface area (Å²) in [6.07, 6.45) is 0. The molecular weight excluding hydrogens is 309 g/mol. The van der Waals surface area contributed by atoms with E-state index in [1.165, 1.54) is 0 Å². The summed E-state index contributed by atoms with van der Waals surface area (Å²) in [5.41, 5.74) is 1.83. The van der Waals surface area contributed by atoms with Crippen molar-refractivity contribution in [2.75, 3.05) is 21.3 Å². The van der Waals surface area contributed by atoms with Gasteiger partial charge in [-0.1, -0.05) is 41.4 Å². The van der Waals surface area contributed by atoms with Gasteiger partial charge in [-0.2, -0.15) is 0 Å². The fraction of sp³-hybridized carbons (Fsp3) is 0.250. The smallest absolute Gasteiger partial charge is 0.162 e. The van der Waals surface area contributed by atoms with Crippen molar-refractivity contribution in [2.45, 2.75) is 6.04 Å². The second-order valence-corrected chi connectivity index (χ2v) is 5.29. The normalized spacial score (nSPS) is 12.0. The van der Waals surface area contributed by atoms with Crippen molar-refractivity contribution in [2.24, 2.45) is 0 Å². The van der Waals surface area contributed by atoms with E-state index in [0.717, 1.165) is 11.1 Å². The van der Waals surface area contributed by atoms with Crippen molar-refractivity contribution < 1.29 is 9.47 Å². The van der Waals surface area contributed by atoms with Crippen LogP contribution in [-0.2, 0) is 0 Å². The van der Waals surface area contributed by atoms with Crippen LogP contribution >= 0.6 is 23.2 Å². The maximum absolute atomic E-state index is 6.39. The molecule has 3 nitrogen and oxygen atoms in total. The molecule has 21 heavy (non-hydrogen) atoms. The van der Waals surface area contributed by atoms with Crippen molar-refractivity contribution in [3.8, 4) is 11.5 Å². The first kappa shape index (κ1) is 16.0. The molecule has 1 atom stereocenters. The summed E-state index contributed by atoms with van der Waals surface area (Å²) < 4.78 is 10.6. The number of ether oxygens (including phenoxy) is 2. The fourth-order valence-corrected chi connectivity index (χ4v) is 2.79. The molecule has 0 aliphatic heterocycles. The second-order valence-electron chi connectivity index (χ2n) is 4.47. The molecule has 0 saturated carbocycles. The minimum atomic E-state index is -0.133. The Morgan fingerprint density at radius 1 is 0.905 bits per heavy atom. The first-order chi connectivity index (χ1) is 10.1. The summed E-state index contributed by atoms with van der Waals surface area (Å²) in [5, 5.41) is 4.51. The number of methoxy groups -OCH3 is 2. The predicted molar refractivity (Wildman–Crippen MR) is 86.9 cm³/mol. The lowest BCUT2D eigenvalue weighted by Gasteiger charge is -2.21. The van der Waals surface area contributed by atoms with E-state index in [4.69, 9.17) is 32.7 Å². The minimum Gasteiger partial charge on any atom is -0.493 e. The van der Waals surface area contributed by atoms with Crippen LogP contribution in [0.1, 0.15) is 17.2 Å². The first-order valence-electron chi connectivity index (χ1n) is 6.45. The topological polar surface area (TPSA) is 30.5 Å². The maximum Gasteiger partial charge on any atom is 0.162 e. The zero-order valence-electron chi connectivity index (χ0n) is 12.1. The van der Waals surface area contributed by atoms with Gasteiger partial charge in [-0.15, -0.1) is 0 Å². The molecule has 0 saturated heterocycles. The molecule has 0 aromatic heterocycles. The largest absolute Gasteiger partial charge is 0.493 e. The van der Waals surface area contributed by atoms with Gasteiger partial charge in [-0.25, -0.2) is 0 Å². The lowest BCUT2D eigenvalue weighted by atomic mass is 9.98. The van der Waals surface area contributed by atoms with Gasteiger partial charge in [0.1, 0.15) is 0 Å². The molecular formula is C16H17Cl2NO2. The zero-order chi connectivity index (χ0) is 15.4. The fourth-order valence-electron chi connectivity index (χ4n) is 2.28. The third-order valence-corrected chi connectivity index (χ3v) is 3.99. The molecule has 1 unspecified atom stereocenters. The Kier molecular flexibility index (Phi) is 5.34. The number of nitrogens with one attached hydrogen (secondary N) is 1. The molecule has 112 valence electrons. The Labute approximate surface area is 134 Å². The highest BCUT2D eigenvalue weighted by Crippen LogP contribution is 2.38. The Hall–Kier alpha value is -1.42. The lowest BCUT2D eigenvalue weighted by molar-refractivity contribution is 0.354. The van der Waals surface area contributed by atoms with Crippen molar-refractivity contribution >= 4 is 23.2 Å². The van der Waals surface area contributed by atoms with Crippen LogP contribution in [0.25, 0.3) is 0 Å². The van der Waals surface area contributed by atoms with Crippen LogP contribution in [0.4, 0.5) is 0 Å². The maximum atomic E-state index is 6.39. The molecule has 0 radical (unpaired) electrons. The summed E-state index contributed by atoms with van der Waals surface area (Å²) in [6, 6.07) is 11.1. The van der Waals surface area contributed by atoms with Crippen molar-refractivity contribution in [3.05, 3.63) is 57.6 Å². The Bertz CT molecular complexity index is 632. The van der Waals surface area contributed by atoms with Gasteiger partial charge in [0.15, 0.2) is 11.5 Å². The van der Waals surface area contributed by atoms with Crippen LogP contribution in [0, 0.1) is 0 Å².